The summed E-state index contributed by atoms with van der Waals surface area (Å²) >= 11 is 0. The number of carbonyl (C=O) groups excluding carboxylic acids is 1. The maximum Gasteiger partial charge on any atom is 0.169 e. The monoisotopic (exact) mass is 452 g/mol. The summed E-state index contributed by atoms with van der Waals surface area (Å²) in [5.41, 5.74) is 9.05. The molecule has 0 spiro atoms. The third-order valence-corrected chi connectivity index (χ3v) is 7.62. The molecule has 3 aromatic rings. The van der Waals surface area contributed by atoms with E-state index in [9.17, 15) is 9.90 Å². The molecular weight excluding hydrogens is 424 g/mol. The Labute approximate surface area is 196 Å². The van der Waals surface area contributed by atoms with Crippen molar-refractivity contribution >= 4 is 41.9 Å². The number of aromatic amines is 3. The van der Waals surface area contributed by atoms with Crippen molar-refractivity contribution in [2.75, 3.05) is 0 Å². The molecule has 3 aliphatic rings. The quantitative estimate of drug-likeness (QED) is 0.391. The molecule has 2 atom stereocenters. The molecule has 0 aromatic carbocycles. The Bertz CT molecular complexity index is 1670. The highest BCUT2D eigenvalue weighted by Crippen LogP contribution is 2.33. The molecule has 5 N–H and O–H groups in total. The zero-order valence-electron chi connectivity index (χ0n) is 19.6. The number of hydrogen-bond donors (Lipinski definition) is 5. The zero-order valence-corrected chi connectivity index (χ0v) is 19.6. The molecule has 0 radical (unpaired) electrons. The Balaban J connectivity index is 1.70. The molecule has 8 bridgehead atoms. The predicted molar refractivity (Wildman–Crippen MR) is 136 cm³/mol. The van der Waals surface area contributed by atoms with Crippen LogP contribution in [0, 0.1) is 19.8 Å². The van der Waals surface area contributed by atoms with Gasteiger partial charge in [0, 0.05) is 50.9 Å². The molecule has 0 saturated carbocycles. The SMILES string of the molecule is C=Cc1c2[nH]c(c1C)/C=C1\NC(C[C@@H]1C)C1=c3[nH]/c(c(C)c3C(=O)C1)=C\c1cc(=C\O)/c([nH]1)=C/2. The molecule has 6 nitrogen and oxygen atoms in total. The number of ketones is 1. The summed E-state index contributed by atoms with van der Waals surface area (Å²) in [5, 5.41) is 17.0. The smallest absolute Gasteiger partial charge is 0.169 e. The normalized spacial score (nSPS) is 24.8. The zero-order chi connectivity index (χ0) is 23.7. The number of carbonyl (C=O) groups is 1. The Morgan fingerprint density at radius 3 is 2.65 bits per heavy atom. The van der Waals surface area contributed by atoms with Crippen molar-refractivity contribution in [3.05, 3.63) is 78.9 Å². The number of rotatable bonds is 1. The minimum atomic E-state index is 0.123. The van der Waals surface area contributed by atoms with Gasteiger partial charge in [-0.05, 0) is 67.2 Å². The van der Waals surface area contributed by atoms with Gasteiger partial charge >= 0.3 is 0 Å². The van der Waals surface area contributed by atoms with Gasteiger partial charge in [-0.1, -0.05) is 19.6 Å². The fourth-order valence-corrected chi connectivity index (χ4v) is 5.73. The number of aliphatic hydroxyl groups excluding tert-OH is 1. The summed E-state index contributed by atoms with van der Waals surface area (Å²) in [7, 11) is 0. The summed E-state index contributed by atoms with van der Waals surface area (Å²) < 4.78 is 0. The second-order valence-electron chi connectivity index (χ2n) is 9.68. The molecule has 1 saturated heterocycles. The summed E-state index contributed by atoms with van der Waals surface area (Å²) in [6.07, 6.45) is 10.6. The molecule has 1 fully saturated rings. The average Bonchev–Trinajstić information content (AvgIpc) is 3.57. The number of nitrogens with one attached hydrogen (secondary N) is 4. The number of H-pyrrole nitrogens is 3. The molecule has 3 aromatic heterocycles. The fourth-order valence-electron chi connectivity index (χ4n) is 5.73. The lowest BCUT2D eigenvalue weighted by Crippen LogP contribution is -2.26. The van der Waals surface area contributed by atoms with E-state index in [0.29, 0.717) is 17.6 Å². The molecule has 1 aliphatic carbocycles. The van der Waals surface area contributed by atoms with Crippen LogP contribution in [-0.4, -0.2) is 31.9 Å². The minimum absolute atomic E-state index is 0.123. The van der Waals surface area contributed by atoms with Crippen LogP contribution in [0.25, 0.3) is 36.1 Å². The Hall–Kier alpha value is -3.93. The van der Waals surface area contributed by atoms with Crippen LogP contribution >= 0.6 is 0 Å². The first kappa shape index (κ1) is 20.7. The van der Waals surface area contributed by atoms with Crippen molar-refractivity contribution in [2.24, 2.45) is 5.92 Å². The molecule has 0 amide bonds. The first-order chi connectivity index (χ1) is 16.4. The van der Waals surface area contributed by atoms with E-state index in [2.05, 4.69) is 46.8 Å². The van der Waals surface area contributed by atoms with Crippen LogP contribution in [0.2, 0.25) is 0 Å². The maximum absolute atomic E-state index is 13.0. The van der Waals surface area contributed by atoms with Gasteiger partial charge in [-0.15, -0.1) is 0 Å². The molecule has 172 valence electrons. The number of allylic oxidation sites excluding steroid dienone is 1. The topological polar surface area (TPSA) is 96.7 Å². The highest BCUT2D eigenvalue weighted by molar-refractivity contribution is 6.06. The van der Waals surface area contributed by atoms with Gasteiger partial charge in [0.2, 0.25) is 0 Å². The second kappa shape index (κ2) is 7.29. The van der Waals surface area contributed by atoms with Crippen LogP contribution in [-0.2, 0) is 0 Å². The standard InChI is InChI=1S/C28H28N4O2/c1-5-18-14(3)22-10-20-13(2)6-24(30-20)19-9-26(34)27-15(4)21(32-28(19)27)8-17-7-16(12-33)23(29-17)11-25(18)31-22/h5,7-8,10-13,24,29-33H,1,6,9H2,2-4H3/b16-12+,20-10-,21-8-,23-11-/t13-,24?/m0/s1. The summed E-state index contributed by atoms with van der Waals surface area (Å²) in [6, 6.07) is 2.03. The van der Waals surface area contributed by atoms with Crippen molar-refractivity contribution in [3.63, 3.8) is 0 Å². The van der Waals surface area contributed by atoms with Crippen LogP contribution < -0.4 is 26.6 Å². The molecule has 6 rings (SSSR count). The summed E-state index contributed by atoms with van der Waals surface area (Å²) in [4.78, 5) is 23.5. The molecular formula is C28H28N4O2. The van der Waals surface area contributed by atoms with Gasteiger partial charge in [0.1, 0.15) is 0 Å². The van der Waals surface area contributed by atoms with Crippen molar-refractivity contribution < 1.29 is 9.90 Å². The maximum atomic E-state index is 13.0. The van der Waals surface area contributed by atoms with Crippen molar-refractivity contribution in [3.8, 4) is 0 Å². The van der Waals surface area contributed by atoms with E-state index < -0.39 is 0 Å². The second-order valence-corrected chi connectivity index (χ2v) is 9.68. The number of aromatic nitrogens is 3. The van der Waals surface area contributed by atoms with Gasteiger partial charge in [0.05, 0.1) is 23.0 Å². The van der Waals surface area contributed by atoms with E-state index in [1.807, 2.05) is 31.2 Å². The predicted octanol–water partition coefficient (Wildman–Crippen LogP) is 1.97. The van der Waals surface area contributed by atoms with Gasteiger partial charge in [0.15, 0.2) is 5.78 Å². The lowest BCUT2D eigenvalue weighted by Gasteiger charge is -2.12. The molecule has 1 unspecified atom stereocenters. The van der Waals surface area contributed by atoms with E-state index in [4.69, 9.17) is 0 Å². The number of fused-ring (bicyclic) bond motifs is 8. The molecule has 2 aliphatic heterocycles. The number of Topliss-reactive ketones (excluding diaryl/α,β-unsaturated/α-hetero) is 1. The highest BCUT2D eigenvalue weighted by Gasteiger charge is 2.34. The van der Waals surface area contributed by atoms with Crippen LogP contribution in [0.15, 0.2) is 18.3 Å². The average molecular weight is 453 g/mol. The summed E-state index contributed by atoms with van der Waals surface area (Å²) in [5.74, 6) is 0.523. The van der Waals surface area contributed by atoms with Crippen LogP contribution in [0.3, 0.4) is 0 Å². The van der Waals surface area contributed by atoms with Crippen LogP contribution in [0.4, 0.5) is 0 Å². The van der Waals surface area contributed by atoms with Gasteiger partial charge < -0.3 is 25.4 Å². The first-order valence-corrected chi connectivity index (χ1v) is 11.7. The van der Waals surface area contributed by atoms with E-state index >= 15 is 0 Å². The van der Waals surface area contributed by atoms with Crippen molar-refractivity contribution in [1.29, 1.82) is 0 Å². The fraction of sp³-hybridized carbons (Fsp3) is 0.250. The van der Waals surface area contributed by atoms with E-state index in [1.54, 1.807) is 0 Å². The van der Waals surface area contributed by atoms with E-state index in [-0.39, 0.29) is 11.8 Å². The highest BCUT2D eigenvalue weighted by atomic mass is 16.2. The van der Waals surface area contributed by atoms with E-state index in [1.165, 1.54) is 5.70 Å². The third-order valence-electron chi connectivity index (χ3n) is 7.62. The minimum Gasteiger partial charge on any atom is -0.515 e. The van der Waals surface area contributed by atoms with E-state index in [0.717, 1.165) is 73.6 Å². The first-order valence-electron chi connectivity index (χ1n) is 11.7. The molecule has 5 heterocycles. The van der Waals surface area contributed by atoms with Gasteiger partial charge in [-0.25, -0.2) is 0 Å². The van der Waals surface area contributed by atoms with Crippen molar-refractivity contribution in [1.82, 2.24) is 20.3 Å². The number of hydrogen-bond acceptors (Lipinski definition) is 3. The molecule has 34 heavy (non-hydrogen) atoms. The Morgan fingerprint density at radius 1 is 1.06 bits per heavy atom. The largest absolute Gasteiger partial charge is 0.515 e. The lowest BCUT2D eigenvalue weighted by molar-refractivity contribution is 0.100. The van der Waals surface area contributed by atoms with Crippen LogP contribution in [0.5, 0.6) is 0 Å². The van der Waals surface area contributed by atoms with Crippen molar-refractivity contribution in [2.45, 2.75) is 39.7 Å². The summed E-state index contributed by atoms with van der Waals surface area (Å²) in [6.45, 7) is 10.4. The molecule has 6 heteroatoms. The Morgan fingerprint density at radius 2 is 1.88 bits per heavy atom. The van der Waals surface area contributed by atoms with Gasteiger partial charge in [-0.3, -0.25) is 4.79 Å². The Kier molecular flexibility index (Phi) is 4.43. The van der Waals surface area contributed by atoms with Gasteiger partial charge in [-0.2, -0.15) is 0 Å². The van der Waals surface area contributed by atoms with Crippen LogP contribution in [0.1, 0.15) is 63.9 Å². The lowest BCUT2D eigenvalue weighted by atomic mass is 9.99. The third kappa shape index (κ3) is 2.91. The number of aliphatic hydroxyl groups is 1. The van der Waals surface area contributed by atoms with Gasteiger partial charge in [0.25, 0.3) is 0 Å².